The molecule has 1 saturated heterocycles. The molecule has 0 saturated carbocycles. The van der Waals surface area contributed by atoms with E-state index >= 15 is 0 Å². The zero-order valence-electron chi connectivity index (χ0n) is 11.4. The maximum atomic E-state index is 3.46. The van der Waals surface area contributed by atoms with Crippen LogP contribution in [0.25, 0.3) is 0 Å². The van der Waals surface area contributed by atoms with Crippen LogP contribution in [0, 0.1) is 5.41 Å². The van der Waals surface area contributed by atoms with Gasteiger partial charge in [-0.1, -0.05) is 20.8 Å². The standard InChI is InChI=1S/C13H28N2/c1-11-9-14-7-8-15(11)13(5,6)10-12(2,3)4/h11,14H,7-10H2,1-6H3. The van der Waals surface area contributed by atoms with Gasteiger partial charge in [-0.3, -0.25) is 4.90 Å². The molecule has 90 valence electrons. The summed E-state index contributed by atoms with van der Waals surface area (Å²) < 4.78 is 0. The normalized spacial score (nSPS) is 25.6. The Bertz CT molecular complexity index is 203. The zero-order valence-corrected chi connectivity index (χ0v) is 11.4. The van der Waals surface area contributed by atoms with Crippen LogP contribution in [0.2, 0.25) is 0 Å². The summed E-state index contributed by atoms with van der Waals surface area (Å²) in [6.07, 6.45) is 1.25. The fraction of sp³-hybridized carbons (Fsp3) is 1.00. The van der Waals surface area contributed by atoms with Crippen LogP contribution in [0.3, 0.4) is 0 Å². The van der Waals surface area contributed by atoms with E-state index in [0.717, 1.165) is 13.1 Å². The molecular formula is C13H28N2. The molecule has 2 nitrogen and oxygen atoms in total. The number of hydrogen-bond donors (Lipinski definition) is 1. The van der Waals surface area contributed by atoms with Crippen molar-refractivity contribution < 1.29 is 0 Å². The quantitative estimate of drug-likeness (QED) is 0.756. The van der Waals surface area contributed by atoms with E-state index < -0.39 is 0 Å². The van der Waals surface area contributed by atoms with Gasteiger partial charge in [0.15, 0.2) is 0 Å². The lowest BCUT2D eigenvalue weighted by atomic mass is 9.80. The summed E-state index contributed by atoms with van der Waals surface area (Å²) in [7, 11) is 0. The topological polar surface area (TPSA) is 15.3 Å². The van der Waals surface area contributed by atoms with Crippen LogP contribution in [-0.2, 0) is 0 Å². The maximum absolute atomic E-state index is 3.46. The number of hydrogen-bond acceptors (Lipinski definition) is 2. The molecule has 1 unspecified atom stereocenters. The lowest BCUT2D eigenvalue weighted by Crippen LogP contribution is -2.58. The van der Waals surface area contributed by atoms with Gasteiger partial charge in [0.1, 0.15) is 0 Å². The van der Waals surface area contributed by atoms with Crippen molar-refractivity contribution in [3.05, 3.63) is 0 Å². The minimum Gasteiger partial charge on any atom is -0.314 e. The Balaban J connectivity index is 2.66. The third-order valence-corrected chi connectivity index (χ3v) is 3.24. The molecule has 1 heterocycles. The van der Waals surface area contributed by atoms with Crippen molar-refractivity contribution in [1.29, 1.82) is 0 Å². The Hall–Kier alpha value is -0.0800. The second-order valence-corrected chi connectivity index (χ2v) is 6.80. The van der Waals surface area contributed by atoms with Crippen molar-refractivity contribution in [2.24, 2.45) is 5.41 Å². The van der Waals surface area contributed by atoms with Crippen molar-refractivity contribution in [3.63, 3.8) is 0 Å². The lowest BCUT2D eigenvalue weighted by molar-refractivity contribution is 0.0288. The van der Waals surface area contributed by atoms with Crippen molar-refractivity contribution in [2.45, 2.75) is 59.5 Å². The van der Waals surface area contributed by atoms with Crippen molar-refractivity contribution in [2.75, 3.05) is 19.6 Å². The summed E-state index contributed by atoms with van der Waals surface area (Å²) in [5.41, 5.74) is 0.730. The fourth-order valence-electron chi connectivity index (χ4n) is 3.14. The highest BCUT2D eigenvalue weighted by Crippen LogP contribution is 2.32. The highest BCUT2D eigenvalue weighted by Gasteiger charge is 2.34. The van der Waals surface area contributed by atoms with Gasteiger partial charge in [-0.15, -0.1) is 0 Å². The molecule has 0 aromatic heterocycles. The molecule has 0 radical (unpaired) electrons. The van der Waals surface area contributed by atoms with E-state index in [4.69, 9.17) is 0 Å². The molecule has 0 amide bonds. The smallest absolute Gasteiger partial charge is 0.0198 e. The summed E-state index contributed by atoms with van der Waals surface area (Å²) in [5, 5.41) is 3.46. The first-order chi connectivity index (χ1) is 6.72. The predicted octanol–water partition coefficient (Wildman–Crippen LogP) is 2.49. The Morgan fingerprint density at radius 1 is 1.20 bits per heavy atom. The molecule has 0 spiro atoms. The van der Waals surface area contributed by atoms with Gasteiger partial charge in [0.25, 0.3) is 0 Å². The maximum Gasteiger partial charge on any atom is 0.0198 e. The predicted molar refractivity (Wildman–Crippen MR) is 67.2 cm³/mol. The number of rotatable bonds is 2. The van der Waals surface area contributed by atoms with E-state index in [1.54, 1.807) is 0 Å². The van der Waals surface area contributed by atoms with E-state index in [0.29, 0.717) is 17.0 Å². The number of piperazine rings is 1. The van der Waals surface area contributed by atoms with E-state index in [1.165, 1.54) is 13.0 Å². The van der Waals surface area contributed by atoms with Gasteiger partial charge in [0, 0.05) is 31.2 Å². The largest absolute Gasteiger partial charge is 0.314 e. The first-order valence-corrected chi connectivity index (χ1v) is 6.20. The van der Waals surface area contributed by atoms with Gasteiger partial charge >= 0.3 is 0 Å². The summed E-state index contributed by atoms with van der Waals surface area (Å²) in [5.74, 6) is 0. The van der Waals surface area contributed by atoms with Gasteiger partial charge in [-0.05, 0) is 32.6 Å². The third-order valence-electron chi connectivity index (χ3n) is 3.24. The van der Waals surface area contributed by atoms with Gasteiger partial charge in [0.2, 0.25) is 0 Å². The van der Waals surface area contributed by atoms with Crippen molar-refractivity contribution >= 4 is 0 Å². The molecule has 1 aliphatic heterocycles. The molecule has 1 rings (SSSR count). The minimum absolute atomic E-state index is 0.319. The first kappa shape index (κ1) is 13.0. The first-order valence-electron chi connectivity index (χ1n) is 6.20. The SMILES string of the molecule is CC1CNCCN1C(C)(C)CC(C)(C)C. The third kappa shape index (κ3) is 3.76. The molecule has 1 atom stereocenters. The monoisotopic (exact) mass is 212 g/mol. The molecule has 1 fully saturated rings. The van der Waals surface area contributed by atoms with Crippen molar-refractivity contribution in [3.8, 4) is 0 Å². The second-order valence-electron chi connectivity index (χ2n) is 6.80. The average Bonchev–Trinajstić information content (AvgIpc) is 1.99. The number of nitrogens with zero attached hydrogens (tertiary/aromatic N) is 1. The highest BCUT2D eigenvalue weighted by molar-refractivity contribution is 4.91. The highest BCUT2D eigenvalue weighted by atomic mass is 15.3. The molecule has 0 aromatic carbocycles. The van der Waals surface area contributed by atoms with Crippen molar-refractivity contribution in [1.82, 2.24) is 10.2 Å². The Labute approximate surface area is 95.4 Å². The van der Waals surface area contributed by atoms with Gasteiger partial charge in [-0.2, -0.15) is 0 Å². The summed E-state index contributed by atoms with van der Waals surface area (Å²) in [6.45, 7) is 17.6. The molecule has 0 aromatic rings. The fourth-order valence-corrected chi connectivity index (χ4v) is 3.14. The Kier molecular flexibility index (Phi) is 3.83. The molecule has 0 bridgehead atoms. The minimum atomic E-state index is 0.319. The van der Waals surface area contributed by atoms with Crippen LogP contribution in [0.1, 0.15) is 48.0 Å². The molecule has 2 heteroatoms. The van der Waals surface area contributed by atoms with Crippen LogP contribution in [0.5, 0.6) is 0 Å². The molecule has 0 aliphatic carbocycles. The Morgan fingerprint density at radius 2 is 1.80 bits per heavy atom. The van der Waals surface area contributed by atoms with Crippen LogP contribution in [-0.4, -0.2) is 36.1 Å². The van der Waals surface area contributed by atoms with Gasteiger partial charge in [0.05, 0.1) is 0 Å². The van der Waals surface area contributed by atoms with E-state index in [2.05, 4.69) is 51.8 Å². The molecule has 15 heavy (non-hydrogen) atoms. The molecule has 1 N–H and O–H groups in total. The van der Waals surface area contributed by atoms with Crippen LogP contribution in [0.4, 0.5) is 0 Å². The summed E-state index contributed by atoms with van der Waals surface area (Å²) in [6, 6.07) is 0.663. The van der Waals surface area contributed by atoms with E-state index in [1.807, 2.05) is 0 Å². The van der Waals surface area contributed by atoms with Crippen LogP contribution >= 0.6 is 0 Å². The van der Waals surface area contributed by atoms with Crippen LogP contribution < -0.4 is 5.32 Å². The zero-order chi connectivity index (χ0) is 11.7. The average molecular weight is 212 g/mol. The lowest BCUT2D eigenvalue weighted by Gasteiger charge is -2.48. The van der Waals surface area contributed by atoms with E-state index in [-0.39, 0.29) is 0 Å². The van der Waals surface area contributed by atoms with Crippen LogP contribution in [0.15, 0.2) is 0 Å². The number of nitrogens with one attached hydrogen (secondary N) is 1. The van der Waals surface area contributed by atoms with Gasteiger partial charge in [-0.25, -0.2) is 0 Å². The summed E-state index contributed by atoms with van der Waals surface area (Å²) >= 11 is 0. The second kappa shape index (κ2) is 4.42. The molecule has 1 aliphatic rings. The Morgan fingerprint density at radius 3 is 2.27 bits per heavy atom. The van der Waals surface area contributed by atoms with E-state index in [9.17, 15) is 0 Å². The van der Waals surface area contributed by atoms with Gasteiger partial charge < -0.3 is 5.32 Å². The summed E-state index contributed by atoms with van der Waals surface area (Å²) in [4.78, 5) is 2.66. The molecular weight excluding hydrogens is 184 g/mol.